The van der Waals surface area contributed by atoms with Crippen molar-refractivity contribution >= 4 is 34.8 Å². The number of anilines is 1. The lowest BCUT2D eigenvalue weighted by Crippen LogP contribution is -2.13. The Kier molecular flexibility index (Phi) is 5.52. The molecule has 2 aromatic carbocycles. The zero-order valence-electron chi connectivity index (χ0n) is 13.8. The van der Waals surface area contributed by atoms with Crippen LogP contribution in [-0.4, -0.2) is 18.1 Å². The molecule has 0 radical (unpaired) electrons. The minimum Gasteiger partial charge on any atom is -0.494 e. The van der Waals surface area contributed by atoms with Gasteiger partial charge in [0.2, 0.25) is 0 Å². The molecular weight excluding hydrogens is 377 g/mol. The second-order valence-corrected chi connectivity index (χ2v) is 6.27. The van der Waals surface area contributed by atoms with Crippen LogP contribution in [0.2, 0.25) is 10.0 Å². The lowest BCUT2D eigenvalue weighted by atomic mass is 10.1. The van der Waals surface area contributed by atoms with E-state index in [4.69, 9.17) is 37.5 Å². The van der Waals surface area contributed by atoms with Crippen LogP contribution in [0.25, 0.3) is 11.3 Å². The van der Waals surface area contributed by atoms with Gasteiger partial charge in [0.05, 0.1) is 17.7 Å². The number of nitrogens with one attached hydrogen (secondary N) is 1. The SMILES string of the molecule is COc1c(Cl)cc(Cl)cc1C(=O)Nc1ccc(-c2ccc(CO)o2)cc1. The molecule has 3 rings (SSSR count). The zero-order chi connectivity index (χ0) is 18.7. The molecule has 1 amide bonds. The molecule has 0 aliphatic heterocycles. The van der Waals surface area contributed by atoms with E-state index >= 15 is 0 Å². The molecule has 7 heteroatoms. The van der Waals surface area contributed by atoms with Crippen molar-refractivity contribution in [1.82, 2.24) is 0 Å². The lowest BCUT2D eigenvalue weighted by Gasteiger charge is -2.11. The number of rotatable bonds is 5. The summed E-state index contributed by atoms with van der Waals surface area (Å²) in [6.45, 7) is -0.155. The lowest BCUT2D eigenvalue weighted by molar-refractivity contribution is 0.102. The van der Waals surface area contributed by atoms with Crippen molar-refractivity contribution < 1.29 is 19.1 Å². The molecular formula is C19H15Cl2NO4. The number of benzene rings is 2. The third-order valence-electron chi connectivity index (χ3n) is 3.70. The van der Waals surface area contributed by atoms with Crippen molar-refractivity contribution in [3.05, 3.63) is 69.9 Å². The molecule has 0 unspecified atom stereocenters. The fourth-order valence-electron chi connectivity index (χ4n) is 2.47. The van der Waals surface area contributed by atoms with Gasteiger partial charge in [-0.25, -0.2) is 0 Å². The Labute approximate surface area is 160 Å². The van der Waals surface area contributed by atoms with Crippen LogP contribution in [0.4, 0.5) is 5.69 Å². The van der Waals surface area contributed by atoms with E-state index in [1.165, 1.54) is 19.2 Å². The maximum Gasteiger partial charge on any atom is 0.259 e. The van der Waals surface area contributed by atoms with Gasteiger partial charge in [-0.3, -0.25) is 4.79 Å². The molecule has 5 nitrogen and oxygen atoms in total. The summed E-state index contributed by atoms with van der Waals surface area (Å²) in [5.41, 5.74) is 1.66. The predicted molar refractivity (Wildman–Crippen MR) is 101 cm³/mol. The van der Waals surface area contributed by atoms with Crippen molar-refractivity contribution in [2.24, 2.45) is 0 Å². The van der Waals surface area contributed by atoms with Crippen LogP contribution in [0.1, 0.15) is 16.1 Å². The first-order chi connectivity index (χ1) is 12.5. The summed E-state index contributed by atoms with van der Waals surface area (Å²) >= 11 is 12.0. The largest absolute Gasteiger partial charge is 0.494 e. The molecule has 1 heterocycles. The van der Waals surface area contributed by atoms with Crippen LogP contribution in [0.5, 0.6) is 5.75 Å². The van der Waals surface area contributed by atoms with E-state index in [9.17, 15) is 4.79 Å². The topological polar surface area (TPSA) is 71.7 Å². The summed E-state index contributed by atoms with van der Waals surface area (Å²) in [6, 6.07) is 13.6. The highest BCUT2D eigenvalue weighted by molar-refractivity contribution is 6.36. The highest BCUT2D eigenvalue weighted by Crippen LogP contribution is 2.33. The average molecular weight is 392 g/mol. The van der Waals surface area contributed by atoms with Gasteiger partial charge in [-0.2, -0.15) is 0 Å². The Balaban J connectivity index is 1.80. The van der Waals surface area contributed by atoms with Crippen molar-refractivity contribution in [2.45, 2.75) is 6.61 Å². The van der Waals surface area contributed by atoms with E-state index in [1.54, 1.807) is 36.4 Å². The molecule has 0 bridgehead atoms. The molecule has 0 spiro atoms. The number of hydrogen-bond donors (Lipinski definition) is 2. The number of halogens is 2. The summed E-state index contributed by atoms with van der Waals surface area (Å²) in [4.78, 5) is 12.5. The molecule has 0 atom stereocenters. The smallest absolute Gasteiger partial charge is 0.259 e. The molecule has 0 fully saturated rings. The number of carbonyl (C=O) groups is 1. The Bertz CT molecular complexity index is 935. The van der Waals surface area contributed by atoms with E-state index < -0.39 is 0 Å². The highest BCUT2D eigenvalue weighted by atomic mass is 35.5. The fraction of sp³-hybridized carbons (Fsp3) is 0.105. The highest BCUT2D eigenvalue weighted by Gasteiger charge is 2.17. The maximum absolute atomic E-state index is 12.5. The minimum atomic E-state index is -0.389. The summed E-state index contributed by atoms with van der Waals surface area (Å²) in [5, 5.41) is 12.4. The first kappa shape index (κ1) is 18.3. The van der Waals surface area contributed by atoms with Gasteiger partial charge >= 0.3 is 0 Å². The van der Waals surface area contributed by atoms with Gasteiger partial charge in [0.25, 0.3) is 5.91 Å². The monoisotopic (exact) mass is 391 g/mol. The van der Waals surface area contributed by atoms with Gasteiger partial charge in [-0.15, -0.1) is 0 Å². The Morgan fingerprint density at radius 3 is 2.50 bits per heavy atom. The van der Waals surface area contributed by atoms with E-state index in [2.05, 4.69) is 5.32 Å². The number of aliphatic hydroxyl groups excluding tert-OH is 1. The quantitative estimate of drug-likeness (QED) is 0.641. The average Bonchev–Trinajstić information content (AvgIpc) is 3.11. The van der Waals surface area contributed by atoms with Gasteiger partial charge < -0.3 is 19.6 Å². The number of methoxy groups -OCH3 is 1. The molecule has 3 aromatic rings. The van der Waals surface area contributed by atoms with Crippen molar-refractivity contribution in [3.63, 3.8) is 0 Å². The molecule has 2 N–H and O–H groups in total. The normalized spacial score (nSPS) is 10.6. The fourth-order valence-corrected chi connectivity index (χ4v) is 3.04. The molecule has 0 aliphatic carbocycles. The standard InChI is InChI=1S/C19H15Cl2NO4/c1-25-18-15(8-12(20)9-16(18)21)19(24)22-13-4-2-11(3-5-13)17-7-6-14(10-23)26-17/h2-9,23H,10H2,1H3,(H,22,24). The minimum absolute atomic E-state index is 0.155. The Morgan fingerprint density at radius 1 is 1.15 bits per heavy atom. The second kappa shape index (κ2) is 7.83. The molecule has 26 heavy (non-hydrogen) atoms. The van der Waals surface area contributed by atoms with Gasteiger partial charge in [0.1, 0.15) is 23.9 Å². The maximum atomic E-state index is 12.5. The summed E-state index contributed by atoms with van der Waals surface area (Å²) in [7, 11) is 1.44. The molecule has 134 valence electrons. The van der Waals surface area contributed by atoms with Crippen molar-refractivity contribution in [3.8, 4) is 17.1 Å². The predicted octanol–water partition coefficient (Wildman–Crippen LogP) is 5.01. The van der Waals surface area contributed by atoms with Crippen LogP contribution in [-0.2, 0) is 6.61 Å². The van der Waals surface area contributed by atoms with E-state index in [-0.39, 0.29) is 28.8 Å². The molecule has 0 aliphatic rings. The zero-order valence-corrected chi connectivity index (χ0v) is 15.3. The van der Waals surface area contributed by atoms with Crippen LogP contribution in [0, 0.1) is 0 Å². The summed E-state index contributed by atoms with van der Waals surface area (Å²) in [5.74, 6) is 0.995. The van der Waals surface area contributed by atoms with Crippen molar-refractivity contribution in [1.29, 1.82) is 0 Å². The third kappa shape index (κ3) is 3.85. The number of amides is 1. The van der Waals surface area contributed by atoms with Gasteiger partial charge in [0.15, 0.2) is 0 Å². The Hall–Kier alpha value is -2.47. The molecule has 1 aromatic heterocycles. The van der Waals surface area contributed by atoms with E-state index in [0.29, 0.717) is 22.2 Å². The summed E-state index contributed by atoms with van der Waals surface area (Å²) in [6.07, 6.45) is 0. The first-order valence-corrected chi connectivity index (χ1v) is 8.42. The first-order valence-electron chi connectivity index (χ1n) is 7.66. The number of carbonyl (C=O) groups excluding carboxylic acids is 1. The summed E-state index contributed by atoms with van der Waals surface area (Å²) < 4.78 is 10.7. The Morgan fingerprint density at radius 2 is 1.88 bits per heavy atom. The van der Waals surface area contributed by atoms with Crippen LogP contribution < -0.4 is 10.1 Å². The number of ether oxygens (including phenoxy) is 1. The van der Waals surface area contributed by atoms with Crippen LogP contribution in [0.15, 0.2) is 52.9 Å². The van der Waals surface area contributed by atoms with Gasteiger partial charge in [-0.1, -0.05) is 23.2 Å². The number of furan rings is 1. The van der Waals surface area contributed by atoms with Crippen LogP contribution in [0.3, 0.4) is 0 Å². The van der Waals surface area contributed by atoms with Crippen molar-refractivity contribution in [2.75, 3.05) is 12.4 Å². The van der Waals surface area contributed by atoms with E-state index in [1.807, 2.05) is 0 Å². The third-order valence-corrected chi connectivity index (χ3v) is 4.20. The number of hydrogen-bond acceptors (Lipinski definition) is 4. The molecule has 0 saturated carbocycles. The van der Waals surface area contributed by atoms with Gasteiger partial charge in [0, 0.05) is 16.3 Å². The van der Waals surface area contributed by atoms with Crippen LogP contribution >= 0.6 is 23.2 Å². The van der Waals surface area contributed by atoms with E-state index in [0.717, 1.165) is 5.56 Å². The van der Waals surface area contributed by atoms with Gasteiger partial charge in [-0.05, 0) is 48.5 Å². The number of aliphatic hydroxyl groups is 1. The molecule has 0 saturated heterocycles. The second-order valence-electron chi connectivity index (χ2n) is 5.42.